The zero-order valence-electron chi connectivity index (χ0n) is 9.75. The summed E-state index contributed by atoms with van der Waals surface area (Å²) in [7, 11) is 0. The standard InChI is InChI=1S/C11H21NO3/c1-11(2,3)15-10(14)9-6-8(7-13)4-5-12-9/h8-9,12-13H,4-7H2,1-3H3/t8-,9+/m0/s1. The fourth-order valence-electron chi connectivity index (χ4n) is 1.71. The van der Waals surface area contributed by atoms with Crippen molar-refractivity contribution in [3.8, 4) is 0 Å². The Labute approximate surface area is 91.0 Å². The normalized spacial score (nSPS) is 27.5. The third-order valence-electron chi connectivity index (χ3n) is 2.46. The van der Waals surface area contributed by atoms with Crippen LogP contribution in [0.25, 0.3) is 0 Å². The van der Waals surface area contributed by atoms with E-state index in [2.05, 4.69) is 5.32 Å². The molecule has 2 atom stereocenters. The molecule has 15 heavy (non-hydrogen) atoms. The summed E-state index contributed by atoms with van der Waals surface area (Å²) >= 11 is 0. The van der Waals surface area contributed by atoms with Crippen molar-refractivity contribution in [1.82, 2.24) is 5.32 Å². The van der Waals surface area contributed by atoms with Crippen LogP contribution in [0.1, 0.15) is 33.6 Å². The molecule has 0 aromatic rings. The summed E-state index contributed by atoms with van der Waals surface area (Å²) in [5, 5.41) is 12.2. The Hall–Kier alpha value is -0.610. The van der Waals surface area contributed by atoms with Crippen molar-refractivity contribution in [3.63, 3.8) is 0 Å². The van der Waals surface area contributed by atoms with Crippen LogP contribution in [-0.2, 0) is 9.53 Å². The van der Waals surface area contributed by atoms with Crippen molar-refractivity contribution in [2.45, 2.75) is 45.3 Å². The van der Waals surface area contributed by atoms with Gasteiger partial charge < -0.3 is 15.2 Å². The lowest BCUT2D eigenvalue weighted by atomic mass is 9.93. The number of ether oxygens (including phenoxy) is 1. The molecular weight excluding hydrogens is 194 g/mol. The Kier molecular flexibility index (Phi) is 4.11. The number of hydrogen-bond donors (Lipinski definition) is 2. The van der Waals surface area contributed by atoms with Crippen LogP contribution in [0.15, 0.2) is 0 Å². The summed E-state index contributed by atoms with van der Waals surface area (Å²) in [4.78, 5) is 11.7. The van der Waals surface area contributed by atoms with Gasteiger partial charge in [0.15, 0.2) is 0 Å². The molecule has 0 aromatic carbocycles. The van der Waals surface area contributed by atoms with Crippen LogP contribution in [0.2, 0.25) is 0 Å². The number of aliphatic hydroxyl groups excluding tert-OH is 1. The smallest absolute Gasteiger partial charge is 0.323 e. The fourth-order valence-corrected chi connectivity index (χ4v) is 1.71. The van der Waals surface area contributed by atoms with Gasteiger partial charge in [0.05, 0.1) is 0 Å². The molecule has 0 aromatic heterocycles. The summed E-state index contributed by atoms with van der Waals surface area (Å²) < 4.78 is 5.29. The van der Waals surface area contributed by atoms with Gasteiger partial charge in [0.1, 0.15) is 11.6 Å². The van der Waals surface area contributed by atoms with Crippen LogP contribution in [0.4, 0.5) is 0 Å². The van der Waals surface area contributed by atoms with Gasteiger partial charge in [-0.15, -0.1) is 0 Å². The maximum atomic E-state index is 11.7. The zero-order valence-corrected chi connectivity index (χ0v) is 9.75. The Morgan fingerprint density at radius 1 is 1.53 bits per heavy atom. The highest BCUT2D eigenvalue weighted by Crippen LogP contribution is 2.18. The molecule has 4 nitrogen and oxygen atoms in total. The molecular formula is C11H21NO3. The highest BCUT2D eigenvalue weighted by atomic mass is 16.6. The predicted octanol–water partition coefficient (Wildman–Crippen LogP) is 0.689. The van der Waals surface area contributed by atoms with Gasteiger partial charge in [-0.3, -0.25) is 4.79 Å². The minimum absolute atomic E-state index is 0.154. The Morgan fingerprint density at radius 2 is 2.20 bits per heavy atom. The Morgan fingerprint density at radius 3 is 2.73 bits per heavy atom. The van der Waals surface area contributed by atoms with E-state index in [0.29, 0.717) is 6.42 Å². The van der Waals surface area contributed by atoms with E-state index < -0.39 is 5.60 Å². The average molecular weight is 215 g/mol. The molecule has 0 amide bonds. The molecule has 1 saturated heterocycles. The van der Waals surface area contributed by atoms with Crippen LogP contribution >= 0.6 is 0 Å². The van der Waals surface area contributed by atoms with Crippen LogP contribution in [0, 0.1) is 5.92 Å². The van der Waals surface area contributed by atoms with Gasteiger partial charge in [0, 0.05) is 6.61 Å². The zero-order chi connectivity index (χ0) is 11.5. The van der Waals surface area contributed by atoms with Crippen molar-refractivity contribution in [3.05, 3.63) is 0 Å². The molecule has 1 rings (SSSR count). The molecule has 0 spiro atoms. The number of rotatable bonds is 2. The number of carbonyl (C=O) groups excluding carboxylic acids is 1. The third-order valence-corrected chi connectivity index (χ3v) is 2.46. The minimum Gasteiger partial charge on any atom is -0.459 e. The van der Waals surface area contributed by atoms with Crippen LogP contribution in [-0.4, -0.2) is 35.9 Å². The molecule has 0 radical (unpaired) electrons. The van der Waals surface area contributed by atoms with Crippen LogP contribution in [0.3, 0.4) is 0 Å². The van der Waals surface area contributed by atoms with Crippen LogP contribution < -0.4 is 5.32 Å². The summed E-state index contributed by atoms with van der Waals surface area (Å²) in [5.74, 6) is 0.0180. The number of nitrogens with one attached hydrogen (secondary N) is 1. The maximum absolute atomic E-state index is 11.7. The second kappa shape index (κ2) is 4.94. The summed E-state index contributed by atoms with van der Waals surface area (Å²) in [6, 6.07) is -0.255. The number of piperidine rings is 1. The molecule has 0 bridgehead atoms. The molecule has 0 saturated carbocycles. The SMILES string of the molecule is CC(C)(C)OC(=O)[C@H]1C[C@@H](CO)CCN1. The van der Waals surface area contributed by atoms with Gasteiger partial charge >= 0.3 is 5.97 Å². The van der Waals surface area contributed by atoms with E-state index in [-0.39, 0.29) is 24.5 Å². The second-order valence-corrected chi connectivity index (χ2v) is 5.11. The molecule has 88 valence electrons. The topological polar surface area (TPSA) is 58.6 Å². The molecule has 2 N–H and O–H groups in total. The van der Waals surface area contributed by atoms with Gasteiger partial charge in [0.25, 0.3) is 0 Å². The maximum Gasteiger partial charge on any atom is 0.323 e. The molecule has 0 aliphatic carbocycles. The van der Waals surface area contributed by atoms with Gasteiger partial charge in [-0.1, -0.05) is 0 Å². The molecule has 1 aliphatic heterocycles. The van der Waals surface area contributed by atoms with E-state index >= 15 is 0 Å². The molecule has 4 heteroatoms. The monoisotopic (exact) mass is 215 g/mol. The first-order chi connectivity index (χ1) is 6.92. The largest absolute Gasteiger partial charge is 0.459 e. The van der Waals surface area contributed by atoms with E-state index in [1.807, 2.05) is 20.8 Å². The number of carbonyl (C=O) groups is 1. The van der Waals surface area contributed by atoms with Gasteiger partial charge in [-0.05, 0) is 46.1 Å². The predicted molar refractivity (Wildman–Crippen MR) is 57.4 cm³/mol. The first kappa shape index (κ1) is 12.5. The molecule has 1 aliphatic rings. The van der Waals surface area contributed by atoms with E-state index in [4.69, 9.17) is 9.84 Å². The van der Waals surface area contributed by atoms with Gasteiger partial charge in [-0.2, -0.15) is 0 Å². The highest BCUT2D eigenvalue weighted by Gasteiger charge is 2.29. The van der Waals surface area contributed by atoms with Gasteiger partial charge in [0.2, 0.25) is 0 Å². The van der Waals surface area contributed by atoms with Crippen molar-refractivity contribution in [1.29, 1.82) is 0 Å². The second-order valence-electron chi connectivity index (χ2n) is 5.11. The van der Waals surface area contributed by atoms with E-state index in [1.165, 1.54) is 0 Å². The third kappa shape index (κ3) is 4.18. The van der Waals surface area contributed by atoms with Crippen molar-refractivity contribution < 1.29 is 14.6 Å². The average Bonchev–Trinajstić information content (AvgIpc) is 2.15. The van der Waals surface area contributed by atoms with E-state index in [9.17, 15) is 4.79 Å². The van der Waals surface area contributed by atoms with Crippen molar-refractivity contribution >= 4 is 5.97 Å². The first-order valence-corrected chi connectivity index (χ1v) is 5.49. The molecule has 1 fully saturated rings. The van der Waals surface area contributed by atoms with Crippen LogP contribution in [0.5, 0.6) is 0 Å². The van der Waals surface area contributed by atoms with E-state index in [1.54, 1.807) is 0 Å². The summed E-state index contributed by atoms with van der Waals surface area (Å²) in [6.45, 7) is 6.50. The molecule has 0 unspecified atom stereocenters. The lowest BCUT2D eigenvalue weighted by Gasteiger charge is -2.30. The number of hydrogen-bond acceptors (Lipinski definition) is 4. The lowest BCUT2D eigenvalue weighted by Crippen LogP contribution is -2.46. The van der Waals surface area contributed by atoms with Crippen molar-refractivity contribution in [2.24, 2.45) is 5.92 Å². The number of esters is 1. The number of aliphatic hydroxyl groups is 1. The Bertz CT molecular complexity index is 222. The molecule has 1 heterocycles. The minimum atomic E-state index is -0.440. The summed E-state index contributed by atoms with van der Waals surface area (Å²) in [6.07, 6.45) is 1.60. The van der Waals surface area contributed by atoms with Crippen molar-refractivity contribution in [2.75, 3.05) is 13.2 Å². The van der Waals surface area contributed by atoms with E-state index in [0.717, 1.165) is 13.0 Å². The Balaban J connectivity index is 2.45. The fraction of sp³-hybridized carbons (Fsp3) is 0.909. The summed E-state index contributed by atoms with van der Waals surface area (Å²) in [5.41, 5.74) is -0.440. The highest BCUT2D eigenvalue weighted by molar-refractivity contribution is 5.76. The van der Waals surface area contributed by atoms with Gasteiger partial charge in [-0.25, -0.2) is 0 Å². The first-order valence-electron chi connectivity index (χ1n) is 5.49. The quantitative estimate of drug-likeness (QED) is 0.665. The lowest BCUT2D eigenvalue weighted by molar-refractivity contribution is -0.158.